The van der Waals surface area contributed by atoms with Gasteiger partial charge in [-0.1, -0.05) is 103 Å². The van der Waals surface area contributed by atoms with Crippen LogP contribution >= 0.6 is 11.3 Å². The first kappa shape index (κ1) is 22.7. The molecule has 2 nitrogen and oxygen atoms in total. The molecule has 0 fully saturated rings. The lowest BCUT2D eigenvalue weighted by atomic mass is 9.78. The van der Waals surface area contributed by atoms with Gasteiger partial charge in [0.1, 0.15) is 0 Å². The first-order chi connectivity index (χ1) is 20.4. The molecule has 0 bridgehead atoms. The lowest BCUT2D eigenvalue weighted by Crippen LogP contribution is -2.01. The van der Waals surface area contributed by atoms with Crippen molar-refractivity contribution < 1.29 is 0 Å². The van der Waals surface area contributed by atoms with Crippen LogP contribution in [-0.4, -0.2) is 9.97 Å². The van der Waals surface area contributed by atoms with E-state index in [0.717, 1.165) is 16.6 Å². The summed E-state index contributed by atoms with van der Waals surface area (Å²) in [4.78, 5) is 9.56. The molecule has 0 spiro atoms. The van der Waals surface area contributed by atoms with E-state index < -0.39 is 0 Å². The number of fused-ring (bicyclic) bond motifs is 13. The van der Waals surface area contributed by atoms with Crippen LogP contribution < -0.4 is 0 Å². The van der Waals surface area contributed by atoms with Crippen LogP contribution in [0.1, 0.15) is 0 Å². The number of aromatic nitrogens is 2. The molecule has 190 valence electrons. The number of pyridine rings is 2. The standard InChI is InChI=1S/C38H22N2S/c1-3-12-25-23(10-1)24-11-2-4-13-26(24)33-22-40-38-32(19-9-21-39-38)36(33)35-28(25)15-7-16-29(35)31-18-8-17-30-27-14-5-6-20-34(27)41-37(30)31/h1-22H. The molecule has 3 heteroatoms. The molecule has 0 unspecified atom stereocenters. The number of benzene rings is 5. The van der Waals surface area contributed by atoms with Crippen molar-refractivity contribution in [3.8, 4) is 55.6 Å². The Morgan fingerprint density at radius 1 is 0.390 bits per heavy atom. The van der Waals surface area contributed by atoms with Crippen molar-refractivity contribution in [1.29, 1.82) is 0 Å². The average molecular weight is 539 g/mol. The van der Waals surface area contributed by atoms with Crippen LogP contribution in [0, 0.1) is 0 Å². The van der Waals surface area contributed by atoms with Crippen LogP contribution in [0.15, 0.2) is 134 Å². The molecule has 5 aromatic carbocycles. The zero-order chi connectivity index (χ0) is 26.9. The van der Waals surface area contributed by atoms with Crippen LogP contribution in [0.25, 0.3) is 86.8 Å². The van der Waals surface area contributed by atoms with E-state index in [1.165, 1.54) is 70.2 Å². The Morgan fingerprint density at radius 2 is 0.951 bits per heavy atom. The summed E-state index contributed by atoms with van der Waals surface area (Å²) < 4.78 is 2.63. The van der Waals surface area contributed by atoms with Gasteiger partial charge in [0.25, 0.3) is 0 Å². The Bertz CT molecular complexity index is 2330. The molecule has 3 heterocycles. The largest absolute Gasteiger partial charge is 0.237 e. The minimum Gasteiger partial charge on any atom is -0.237 e. The van der Waals surface area contributed by atoms with Gasteiger partial charge in [-0.2, -0.15) is 0 Å². The third-order valence-corrected chi connectivity index (χ3v) is 9.59. The van der Waals surface area contributed by atoms with E-state index in [9.17, 15) is 0 Å². The van der Waals surface area contributed by atoms with Gasteiger partial charge >= 0.3 is 0 Å². The topological polar surface area (TPSA) is 25.8 Å². The smallest absolute Gasteiger partial charge is 0.159 e. The number of hydrogen-bond donors (Lipinski definition) is 0. The van der Waals surface area contributed by atoms with E-state index in [2.05, 4.69) is 120 Å². The van der Waals surface area contributed by atoms with E-state index >= 15 is 0 Å². The van der Waals surface area contributed by atoms with E-state index in [0.29, 0.717) is 0 Å². The molecule has 0 N–H and O–H groups in total. The molecule has 0 amide bonds. The lowest BCUT2D eigenvalue weighted by Gasteiger charge is -2.25. The van der Waals surface area contributed by atoms with Gasteiger partial charge in [-0.25, -0.2) is 9.97 Å². The minimum atomic E-state index is 0.762. The van der Waals surface area contributed by atoms with E-state index in [1.54, 1.807) is 0 Å². The summed E-state index contributed by atoms with van der Waals surface area (Å²) in [6, 6.07) is 44.0. The predicted octanol–water partition coefficient (Wildman–Crippen LogP) is 10.6. The third-order valence-electron chi connectivity index (χ3n) is 8.37. The quantitative estimate of drug-likeness (QED) is 0.208. The summed E-state index contributed by atoms with van der Waals surface area (Å²) in [5.74, 6) is 0. The maximum absolute atomic E-state index is 4.87. The summed E-state index contributed by atoms with van der Waals surface area (Å²) in [6.45, 7) is 0. The van der Waals surface area contributed by atoms with E-state index in [1.807, 2.05) is 29.8 Å². The molecule has 3 aromatic heterocycles. The summed E-state index contributed by atoms with van der Waals surface area (Å²) in [6.07, 6.45) is 3.86. The molecule has 0 saturated carbocycles. The van der Waals surface area contributed by atoms with Crippen LogP contribution in [0.4, 0.5) is 0 Å². The first-order valence-electron chi connectivity index (χ1n) is 13.8. The summed E-state index contributed by atoms with van der Waals surface area (Å²) in [5, 5.41) is 3.68. The Morgan fingerprint density at radius 3 is 1.76 bits per heavy atom. The van der Waals surface area contributed by atoms with Crippen molar-refractivity contribution >= 4 is 42.5 Å². The molecule has 9 rings (SSSR count). The Kier molecular flexibility index (Phi) is 4.80. The second kappa shape index (κ2) is 8.69. The molecule has 0 saturated heterocycles. The third kappa shape index (κ3) is 3.24. The number of hydrogen-bond acceptors (Lipinski definition) is 3. The van der Waals surface area contributed by atoms with Gasteiger partial charge in [0.05, 0.1) is 0 Å². The van der Waals surface area contributed by atoms with Gasteiger partial charge in [0, 0.05) is 54.6 Å². The Hall–Kier alpha value is -5.12. The van der Waals surface area contributed by atoms with Crippen molar-refractivity contribution in [3.05, 3.63) is 134 Å². The highest BCUT2D eigenvalue weighted by atomic mass is 32.1. The molecule has 1 aliphatic rings. The highest BCUT2D eigenvalue weighted by Crippen LogP contribution is 2.53. The second-order valence-electron chi connectivity index (χ2n) is 10.5. The molecule has 0 radical (unpaired) electrons. The lowest BCUT2D eigenvalue weighted by molar-refractivity contribution is 1.29. The fraction of sp³-hybridized carbons (Fsp3) is 0. The van der Waals surface area contributed by atoms with Gasteiger partial charge in [-0.05, 0) is 57.1 Å². The summed E-state index contributed by atoms with van der Waals surface area (Å²) >= 11 is 1.88. The van der Waals surface area contributed by atoms with Gasteiger partial charge in [0.15, 0.2) is 5.65 Å². The Balaban J connectivity index is 1.50. The summed E-state index contributed by atoms with van der Waals surface area (Å²) in [5.41, 5.74) is 12.9. The van der Waals surface area contributed by atoms with Crippen LogP contribution in [-0.2, 0) is 0 Å². The maximum Gasteiger partial charge on any atom is 0.159 e. The zero-order valence-corrected chi connectivity index (χ0v) is 22.8. The Labute approximate surface area is 241 Å². The molecule has 1 aliphatic carbocycles. The monoisotopic (exact) mass is 538 g/mol. The van der Waals surface area contributed by atoms with Gasteiger partial charge < -0.3 is 0 Å². The molecular weight excluding hydrogens is 516 g/mol. The van der Waals surface area contributed by atoms with E-state index in [-0.39, 0.29) is 0 Å². The zero-order valence-electron chi connectivity index (χ0n) is 22.0. The first-order valence-corrected chi connectivity index (χ1v) is 14.7. The van der Waals surface area contributed by atoms with Gasteiger partial charge in [-0.3, -0.25) is 0 Å². The SMILES string of the molecule is c1ccc2c(c1)-c1ccccc1-c1cnc3ncccc3c1-c1c-2cccc1-c1cccc2c1sc1ccccc12. The molecule has 0 atom stereocenters. The van der Waals surface area contributed by atoms with Crippen molar-refractivity contribution in [2.45, 2.75) is 0 Å². The van der Waals surface area contributed by atoms with Crippen LogP contribution in [0.5, 0.6) is 0 Å². The van der Waals surface area contributed by atoms with Crippen molar-refractivity contribution in [1.82, 2.24) is 9.97 Å². The van der Waals surface area contributed by atoms with Crippen molar-refractivity contribution in [2.24, 2.45) is 0 Å². The normalized spacial score (nSPS) is 11.9. The predicted molar refractivity (Wildman–Crippen MR) is 173 cm³/mol. The maximum atomic E-state index is 4.87. The molecule has 8 aromatic rings. The van der Waals surface area contributed by atoms with Crippen LogP contribution in [0.3, 0.4) is 0 Å². The highest BCUT2D eigenvalue weighted by Gasteiger charge is 2.27. The molecular formula is C38H22N2S. The fourth-order valence-corrected chi connectivity index (χ4v) is 7.87. The van der Waals surface area contributed by atoms with Crippen molar-refractivity contribution in [2.75, 3.05) is 0 Å². The second-order valence-corrected chi connectivity index (χ2v) is 11.6. The molecule has 41 heavy (non-hydrogen) atoms. The number of rotatable bonds is 1. The molecule has 0 aliphatic heterocycles. The highest BCUT2D eigenvalue weighted by molar-refractivity contribution is 7.26. The van der Waals surface area contributed by atoms with Gasteiger partial charge in [-0.15, -0.1) is 11.3 Å². The number of thiophene rings is 1. The number of nitrogens with zero attached hydrogens (tertiary/aromatic N) is 2. The van der Waals surface area contributed by atoms with Crippen molar-refractivity contribution in [3.63, 3.8) is 0 Å². The van der Waals surface area contributed by atoms with E-state index in [4.69, 9.17) is 4.98 Å². The van der Waals surface area contributed by atoms with Crippen LogP contribution in [0.2, 0.25) is 0 Å². The average Bonchev–Trinajstić information content (AvgIpc) is 3.42. The fourth-order valence-electron chi connectivity index (χ4n) is 6.64. The minimum absolute atomic E-state index is 0.762. The van der Waals surface area contributed by atoms with Gasteiger partial charge in [0.2, 0.25) is 0 Å². The summed E-state index contributed by atoms with van der Waals surface area (Å²) in [7, 11) is 0.